The summed E-state index contributed by atoms with van der Waals surface area (Å²) in [4.78, 5) is 13.4. The highest BCUT2D eigenvalue weighted by molar-refractivity contribution is 7.98. The van der Waals surface area contributed by atoms with Crippen molar-refractivity contribution in [1.29, 1.82) is 0 Å². The van der Waals surface area contributed by atoms with Gasteiger partial charge in [0.1, 0.15) is 5.82 Å². The van der Waals surface area contributed by atoms with Gasteiger partial charge in [0, 0.05) is 16.7 Å². The molecule has 4 heteroatoms. The van der Waals surface area contributed by atoms with E-state index in [-0.39, 0.29) is 0 Å². The van der Waals surface area contributed by atoms with Gasteiger partial charge in [-0.05, 0) is 36.9 Å². The van der Waals surface area contributed by atoms with Gasteiger partial charge in [-0.25, -0.2) is 9.97 Å². The molecule has 0 radical (unpaired) electrons. The number of aromatic nitrogens is 3. The van der Waals surface area contributed by atoms with Crippen LogP contribution in [0.1, 0.15) is 5.56 Å². The number of hydrogen-bond donors (Lipinski definition) is 1. The Labute approximate surface area is 110 Å². The monoisotopic (exact) mass is 255 g/mol. The van der Waals surface area contributed by atoms with Crippen LogP contribution >= 0.6 is 11.8 Å². The Morgan fingerprint density at radius 2 is 1.94 bits per heavy atom. The summed E-state index contributed by atoms with van der Waals surface area (Å²) >= 11 is 1.74. The second-order valence-corrected chi connectivity index (χ2v) is 5.08. The molecule has 0 fully saturated rings. The quantitative estimate of drug-likeness (QED) is 0.711. The molecule has 0 spiro atoms. The minimum Gasteiger partial charge on any atom is -0.337 e. The predicted molar refractivity (Wildman–Crippen MR) is 75.8 cm³/mol. The number of pyridine rings is 1. The van der Waals surface area contributed by atoms with Gasteiger partial charge in [0.05, 0.1) is 5.52 Å². The van der Waals surface area contributed by atoms with Crippen molar-refractivity contribution < 1.29 is 0 Å². The Morgan fingerprint density at radius 3 is 2.67 bits per heavy atom. The molecule has 0 aliphatic heterocycles. The number of H-pyrrole nitrogens is 1. The fraction of sp³-hybridized carbons (Fsp3) is 0.143. The lowest BCUT2D eigenvalue weighted by molar-refractivity contribution is 1.28. The lowest BCUT2D eigenvalue weighted by Gasteiger charge is -1.98. The number of imidazole rings is 1. The molecule has 0 aliphatic rings. The fourth-order valence-corrected chi connectivity index (χ4v) is 2.30. The minimum atomic E-state index is 0.768. The van der Waals surface area contributed by atoms with Gasteiger partial charge in [0.25, 0.3) is 0 Å². The van der Waals surface area contributed by atoms with Crippen LogP contribution in [-0.4, -0.2) is 21.2 Å². The Morgan fingerprint density at radius 1 is 1.17 bits per heavy atom. The smallest absolute Gasteiger partial charge is 0.178 e. The summed E-state index contributed by atoms with van der Waals surface area (Å²) in [7, 11) is 0. The van der Waals surface area contributed by atoms with Crippen molar-refractivity contribution in [2.75, 3.05) is 6.26 Å². The number of rotatable bonds is 2. The van der Waals surface area contributed by atoms with Crippen molar-refractivity contribution in [2.45, 2.75) is 11.8 Å². The zero-order valence-corrected chi connectivity index (χ0v) is 11.1. The molecule has 1 N–H and O–H groups in total. The molecule has 3 rings (SSSR count). The number of aromatic amines is 1. The first kappa shape index (κ1) is 11.3. The van der Waals surface area contributed by atoms with Gasteiger partial charge in [0.2, 0.25) is 0 Å². The second kappa shape index (κ2) is 4.46. The van der Waals surface area contributed by atoms with Gasteiger partial charge >= 0.3 is 0 Å². The Kier molecular flexibility index (Phi) is 2.80. The van der Waals surface area contributed by atoms with Gasteiger partial charge < -0.3 is 4.98 Å². The Hall–Kier alpha value is -1.81. The molecule has 2 heterocycles. The zero-order valence-electron chi connectivity index (χ0n) is 10.3. The third-order valence-corrected chi connectivity index (χ3v) is 3.58. The predicted octanol–water partition coefficient (Wildman–Crippen LogP) is 3.66. The van der Waals surface area contributed by atoms with Crippen molar-refractivity contribution in [3.8, 4) is 11.4 Å². The summed E-state index contributed by atoms with van der Waals surface area (Å²) in [5.74, 6) is 0.871. The van der Waals surface area contributed by atoms with E-state index in [0.29, 0.717) is 0 Å². The van der Waals surface area contributed by atoms with Crippen LogP contribution in [0.4, 0.5) is 0 Å². The number of thioether (sulfide) groups is 1. The van der Waals surface area contributed by atoms with Crippen LogP contribution in [0.5, 0.6) is 0 Å². The van der Waals surface area contributed by atoms with E-state index in [1.807, 2.05) is 13.1 Å². The van der Waals surface area contributed by atoms with E-state index in [9.17, 15) is 0 Å². The number of nitrogens with zero attached hydrogens (tertiary/aromatic N) is 2. The van der Waals surface area contributed by atoms with E-state index in [1.165, 1.54) is 4.90 Å². The standard InChI is InChI=1S/C14H13N3S/c1-9-7-12-14(15-8-9)17-13(16-12)10-3-5-11(18-2)6-4-10/h3-8H,1-2H3,(H,15,16,17). The second-order valence-electron chi connectivity index (χ2n) is 4.20. The minimum absolute atomic E-state index is 0.768. The van der Waals surface area contributed by atoms with Crippen LogP contribution in [0.15, 0.2) is 41.4 Å². The van der Waals surface area contributed by atoms with E-state index in [4.69, 9.17) is 0 Å². The van der Waals surface area contributed by atoms with Crippen LogP contribution in [0, 0.1) is 6.92 Å². The molecule has 18 heavy (non-hydrogen) atoms. The van der Waals surface area contributed by atoms with Crippen molar-refractivity contribution >= 4 is 22.9 Å². The van der Waals surface area contributed by atoms with Gasteiger partial charge in [0.15, 0.2) is 5.65 Å². The summed E-state index contributed by atoms with van der Waals surface area (Å²) in [5.41, 5.74) is 3.97. The van der Waals surface area contributed by atoms with Gasteiger partial charge in [-0.2, -0.15) is 0 Å². The van der Waals surface area contributed by atoms with Crippen molar-refractivity contribution in [3.05, 3.63) is 42.1 Å². The van der Waals surface area contributed by atoms with E-state index >= 15 is 0 Å². The highest BCUT2D eigenvalue weighted by atomic mass is 32.2. The van der Waals surface area contributed by atoms with Crippen LogP contribution in [0.2, 0.25) is 0 Å². The molecular formula is C14H13N3S. The molecule has 90 valence electrons. The molecule has 0 bridgehead atoms. The molecule has 0 saturated heterocycles. The first-order valence-corrected chi connectivity index (χ1v) is 6.95. The third-order valence-electron chi connectivity index (χ3n) is 2.84. The highest BCUT2D eigenvalue weighted by Gasteiger charge is 2.06. The maximum Gasteiger partial charge on any atom is 0.178 e. The van der Waals surface area contributed by atoms with Crippen molar-refractivity contribution in [3.63, 3.8) is 0 Å². The molecule has 3 aromatic rings. The average Bonchev–Trinajstić information content (AvgIpc) is 2.81. The molecule has 3 nitrogen and oxygen atoms in total. The molecule has 0 unspecified atom stereocenters. The molecule has 0 atom stereocenters. The van der Waals surface area contributed by atoms with Gasteiger partial charge in [-0.1, -0.05) is 12.1 Å². The van der Waals surface area contributed by atoms with Crippen LogP contribution in [0.3, 0.4) is 0 Å². The topological polar surface area (TPSA) is 41.6 Å². The normalized spacial score (nSPS) is 11.0. The number of nitrogens with one attached hydrogen (secondary N) is 1. The first-order chi connectivity index (χ1) is 8.76. The van der Waals surface area contributed by atoms with Gasteiger partial charge in [-0.3, -0.25) is 0 Å². The fourth-order valence-electron chi connectivity index (χ4n) is 1.89. The van der Waals surface area contributed by atoms with E-state index in [1.54, 1.807) is 11.8 Å². The van der Waals surface area contributed by atoms with E-state index < -0.39 is 0 Å². The van der Waals surface area contributed by atoms with Crippen LogP contribution in [0.25, 0.3) is 22.6 Å². The first-order valence-electron chi connectivity index (χ1n) is 5.73. The summed E-state index contributed by atoms with van der Waals surface area (Å²) in [6.45, 7) is 2.03. The maximum atomic E-state index is 4.51. The van der Waals surface area contributed by atoms with Gasteiger partial charge in [-0.15, -0.1) is 11.8 Å². The van der Waals surface area contributed by atoms with E-state index in [2.05, 4.69) is 51.5 Å². The average molecular weight is 255 g/mol. The number of benzene rings is 1. The SMILES string of the molecule is CSc1ccc(-c2nc3ncc(C)cc3[nH]2)cc1. The maximum absolute atomic E-state index is 4.51. The third kappa shape index (κ3) is 1.99. The molecule has 0 aliphatic carbocycles. The Bertz CT molecular complexity index is 686. The lowest BCUT2D eigenvalue weighted by atomic mass is 10.2. The van der Waals surface area contributed by atoms with Crippen molar-refractivity contribution in [2.24, 2.45) is 0 Å². The summed E-state index contributed by atoms with van der Waals surface area (Å²) in [5, 5.41) is 0. The molecular weight excluding hydrogens is 242 g/mol. The molecule has 0 amide bonds. The molecule has 2 aromatic heterocycles. The van der Waals surface area contributed by atoms with Crippen LogP contribution in [-0.2, 0) is 0 Å². The van der Waals surface area contributed by atoms with E-state index in [0.717, 1.165) is 28.1 Å². The zero-order chi connectivity index (χ0) is 12.5. The summed E-state index contributed by atoms with van der Waals surface area (Å²) in [6, 6.07) is 10.4. The highest BCUT2D eigenvalue weighted by Crippen LogP contribution is 2.22. The molecule has 0 saturated carbocycles. The summed E-state index contributed by atoms with van der Waals surface area (Å²) in [6.07, 6.45) is 3.91. The number of hydrogen-bond acceptors (Lipinski definition) is 3. The lowest BCUT2D eigenvalue weighted by Crippen LogP contribution is -1.80. The number of fused-ring (bicyclic) bond motifs is 1. The largest absolute Gasteiger partial charge is 0.337 e. The summed E-state index contributed by atoms with van der Waals surface area (Å²) < 4.78 is 0. The molecule has 1 aromatic carbocycles. The Balaban J connectivity index is 2.07. The van der Waals surface area contributed by atoms with Crippen molar-refractivity contribution in [1.82, 2.24) is 15.0 Å². The van der Waals surface area contributed by atoms with Crippen LogP contribution < -0.4 is 0 Å². The number of aryl methyl sites for hydroxylation is 1.